The van der Waals surface area contributed by atoms with Crippen molar-refractivity contribution in [2.75, 3.05) is 4.72 Å². The number of nitrogens with one attached hydrogen (secondary N) is 1. The molecule has 1 heterocycles. The quantitative estimate of drug-likeness (QED) is 0.758. The summed E-state index contributed by atoms with van der Waals surface area (Å²) in [6, 6.07) is 9.30. The molecule has 0 fully saturated rings. The summed E-state index contributed by atoms with van der Waals surface area (Å²) in [5, 5.41) is 1.94. The van der Waals surface area contributed by atoms with Gasteiger partial charge in [0, 0.05) is 22.8 Å². The van der Waals surface area contributed by atoms with Crippen LogP contribution in [-0.2, 0) is 11.3 Å². The third-order valence-electron chi connectivity index (χ3n) is 1.82. The van der Waals surface area contributed by atoms with Crippen molar-refractivity contribution < 1.29 is 8.76 Å². The molecule has 14 heavy (non-hydrogen) atoms. The summed E-state index contributed by atoms with van der Waals surface area (Å²) in [7, 11) is 0. The number of nitrogens with zero attached hydrogens (tertiary/aromatic N) is 1. The predicted octanol–water partition coefficient (Wildman–Crippen LogP) is 1.44. The van der Waals surface area contributed by atoms with Crippen molar-refractivity contribution >= 4 is 27.9 Å². The number of fused-ring (bicyclic) bond motifs is 1. The molecule has 1 aromatic heterocycles. The van der Waals surface area contributed by atoms with Gasteiger partial charge in [-0.2, -0.15) is 0 Å². The first kappa shape index (κ1) is 9.11. The molecule has 1 aromatic carbocycles. The van der Waals surface area contributed by atoms with Crippen LogP contribution in [0, 0.1) is 0 Å². The van der Waals surface area contributed by atoms with E-state index in [1.165, 1.54) is 0 Å². The molecule has 1 N–H and O–H groups in total. The van der Waals surface area contributed by atoms with E-state index in [1.54, 1.807) is 12.3 Å². The number of benzene rings is 1. The second-order valence-corrected chi connectivity index (χ2v) is 3.43. The Balaban J connectivity index is 2.46. The van der Waals surface area contributed by atoms with Gasteiger partial charge in [-0.15, -0.1) is 0 Å². The van der Waals surface area contributed by atoms with Crippen molar-refractivity contribution in [2.24, 2.45) is 0 Å². The van der Waals surface area contributed by atoms with E-state index in [0.29, 0.717) is 5.82 Å². The van der Waals surface area contributed by atoms with Gasteiger partial charge >= 0.3 is 0 Å². The monoisotopic (exact) mass is 207 g/mol. The third kappa shape index (κ3) is 1.89. The molecule has 0 saturated carbocycles. The van der Waals surface area contributed by atoms with Gasteiger partial charge in [-0.3, -0.25) is 4.21 Å². The molecule has 1 unspecified atom stereocenters. The summed E-state index contributed by atoms with van der Waals surface area (Å²) in [6.07, 6.45) is 1.63. The SMILES string of the molecule is O=S([O-])Nc1cc2ccccc2cn1. The van der Waals surface area contributed by atoms with Crippen molar-refractivity contribution in [3.8, 4) is 0 Å². The summed E-state index contributed by atoms with van der Waals surface area (Å²) < 4.78 is 22.9. The van der Waals surface area contributed by atoms with Gasteiger partial charge in [0.05, 0.1) is 0 Å². The van der Waals surface area contributed by atoms with Crippen LogP contribution in [0.5, 0.6) is 0 Å². The van der Waals surface area contributed by atoms with E-state index in [-0.39, 0.29) is 0 Å². The molecule has 2 aromatic rings. The smallest absolute Gasteiger partial charge is 0.137 e. The van der Waals surface area contributed by atoms with Crippen LogP contribution in [0.25, 0.3) is 10.8 Å². The average Bonchev–Trinajstić information content (AvgIpc) is 2.17. The highest BCUT2D eigenvalue weighted by atomic mass is 32.2. The molecule has 0 aliphatic carbocycles. The molecule has 72 valence electrons. The molecule has 0 spiro atoms. The van der Waals surface area contributed by atoms with Crippen LogP contribution < -0.4 is 4.72 Å². The largest absolute Gasteiger partial charge is 0.755 e. The van der Waals surface area contributed by atoms with E-state index in [9.17, 15) is 8.76 Å². The molecule has 0 aliphatic heterocycles. The Morgan fingerprint density at radius 2 is 2.00 bits per heavy atom. The van der Waals surface area contributed by atoms with Crippen LogP contribution in [0.1, 0.15) is 0 Å². The van der Waals surface area contributed by atoms with Gasteiger partial charge in [0.1, 0.15) is 5.82 Å². The highest BCUT2D eigenvalue weighted by Gasteiger charge is 1.95. The van der Waals surface area contributed by atoms with Crippen LogP contribution >= 0.6 is 0 Å². The van der Waals surface area contributed by atoms with Crippen LogP contribution in [0.4, 0.5) is 5.82 Å². The van der Waals surface area contributed by atoms with Crippen LogP contribution in [0.2, 0.25) is 0 Å². The third-order valence-corrected chi connectivity index (χ3v) is 2.19. The zero-order valence-electron chi connectivity index (χ0n) is 7.14. The zero-order valence-corrected chi connectivity index (χ0v) is 7.95. The highest BCUT2D eigenvalue weighted by Crippen LogP contribution is 2.15. The molecule has 2 rings (SSSR count). The summed E-state index contributed by atoms with van der Waals surface area (Å²) >= 11 is -2.32. The van der Waals surface area contributed by atoms with Crippen molar-refractivity contribution in [2.45, 2.75) is 0 Å². The molecule has 0 bridgehead atoms. The highest BCUT2D eigenvalue weighted by molar-refractivity contribution is 7.80. The Morgan fingerprint density at radius 1 is 1.29 bits per heavy atom. The van der Waals surface area contributed by atoms with E-state index in [1.807, 2.05) is 24.3 Å². The maximum atomic E-state index is 10.4. The molecule has 4 nitrogen and oxygen atoms in total. The van der Waals surface area contributed by atoms with Gasteiger partial charge in [-0.1, -0.05) is 24.3 Å². The van der Waals surface area contributed by atoms with Gasteiger partial charge in [-0.05, 0) is 11.5 Å². The minimum atomic E-state index is -2.32. The lowest BCUT2D eigenvalue weighted by Gasteiger charge is -2.07. The molecule has 5 heteroatoms. The Labute approximate surface area is 83.4 Å². The predicted molar refractivity (Wildman–Crippen MR) is 54.3 cm³/mol. The number of anilines is 1. The number of hydrogen-bond acceptors (Lipinski definition) is 3. The maximum absolute atomic E-state index is 10.4. The Hall–Kier alpha value is -1.46. The van der Waals surface area contributed by atoms with Crippen molar-refractivity contribution in [3.05, 3.63) is 36.5 Å². The van der Waals surface area contributed by atoms with Crippen LogP contribution in [0.15, 0.2) is 36.5 Å². The number of rotatable bonds is 2. The Bertz CT molecular complexity index is 487. The Morgan fingerprint density at radius 3 is 2.71 bits per heavy atom. The second-order valence-electron chi connectivity index (χ2n) is 2.75. The van der Waals surface area contributed by atoms with Gasteiger partial charge in [0.25, 0.3) is 0 Å². The standard InChI is InChI=1S/C9H8N2O2S/c12-14(13)11-9-5-7-3-1-2-4-8(7)6-10-9/h1-6H,(H,10,11)(H,12,13)/p-1. The summed E-state index contributed by atoms with van der Waals surface area (Å²) in [4.78, 5) is 3.94. The molecule has 1 atom stereocenters. The fourth-order valence-electron chi connectivity index (χ4n) is 1.22. The van der Waals surface area contributed by atoms with E-state index in [0.717, 1.165) is 10.8 Å². The molecular formula is C9H7N2O2S-. The van der Waals surface area contributed by atoms with Gasteiger partial charge in [0.15, 0.2) is 0 Å². The lowest BCUT2D eigenvalue weighted by atomic mass is 10.2. The van der Waals surface area contributed by atoms with Crippen molar-refractivity contribution in [1.29, 1.82) is 0 Å². The number of hydrogen-bond donors (Lipinski definition) is 1. The lowest BCUT2D eigenvalue weighted by Crippen LogP contribution is -2.03. The van der Waals surface area contributed by atoms with E-state index in [2.05, 4.69) is 9.71 Å². The van der Waals surface area contributed by atoms with Gasteiger partial charge in [0.2, 0.25) is 0 Å². The summed E-state index contributed by atoms with van der Waals surface area (Å²) in [6.45, 7) is 0. The van der Waals surface area contributed by atoms with Crippen molar-refractivity contribution in [3.63, 3.8) is 0 Å². The average molecular weight is 207 g/mol. The van der Waals surface area contributed by atoms with E-state index < -0.39 is 11.3 Å². The second kappa shape index (κ2) is 3.73. The first-order valence-electron chi connectivity index (χ1n) is 3.96. The molecule has 0 radical (unpaired) electrons. The first-order valence-corrected chi connectivity index (χ1v) is 5.04. The number of aromatic nitrogens is 1. The minimum absolute atomic E-state index is 0.331. The fraction of sp³-hybridized carbons (Fsp3) is 0. The first-order chi connectivity index (χ1) is 6.75. The maximum Gasteiger partial charge on any atom is 0.137 e. The topological polar surface area (TPSA) is 65.0 Å². The van der Waals surface area contributed by atoms with Gasteiger partial charge < -0.3 is 9.27 Å². The molecule has 0 aliphatic rings. The Kier molecular flexibility index (Phi) is 2.43. The van der Waals surface area contributed by atoms with Crippen molar-refractivity contribution in [1.82, 2.24) is 4.98 Å². The molecule has 0 saturated heterocycles. The van der Waals surface area contributed by atoms with E-state index >= 15 is 0 Å². The lowest BCUT2D eigenvalue weighted by molar-refractivity contribution is 0.542. The zero-order chi connectivity index (χ0) is 9.97. The van der Waals surface area contributed by atoms with Crippen LogP contribution in [-0.4, -0.2) is 13.7 Å². The minimum Gasteiger partial charge on any atom is -0.755 e. The summed E-state index contributed by atoms with van der Waals surface area (Å²) in [5.41, 5.74) is 0. The van der Waals surface area contributed by atoms with E-state index in [4.69, 9.17) is 0 Å². The normalized spacial score (nSPS) is 12.6. The molecular weight excluding hydrogens is 200 g/mol. The summed E-state index contributed by atoms with van der Waals surface area (Å²) in [5.74, 6) is 0.331. The van der Waals surface area contributed by atoms with Gasteiger partial charge in [-0.25, -0.2) is 4.98 Å². The number of pyridine rings is 1. The fourth-order valence-corrected chi connectivity index (χ4v) is 1.51. The molecule has 0 amide bonds. The van der Waals surface area contributed by atoms with Crippen LogP contribution in [0.3, 0.4) is 0 Å².